The second-order valence-corrected chi connectivity index (χ2v) is 3.12. The van der Waals surface area contributed by atoms with Crippen molar-refractivity contribution in [2.45, 2.75) is 6.54 Å². The number of rotatable bonds is 3. The molecule has 6 nitrogen and oxygen atoms in total. The van der Waals surface area contributed by atoms with Crippen molar-refractivity contribution >= 4 is 0 Å². The number of pyridine rings is 1. The molecule has 0 bridgehead atoms. The minimum atomic E-state index is -0.457. The zero-order valence-electron chi connectivity index (χ0n) is 8.59. The molecule has 0 aliphatic heterocycles. The number of ether oxygens (including phenoxy) is 1. The van der Waals surface area contributed by atoms with Crippen molar-refractivity contribution in [3.63, 3.8) is 0 Å². The molecule has 0 aliphatic rings. The molecule has 2 heterocycles. The Bertz CT molecular complexity index is 498. The fourth-order valence-corrected chi connectivity index (χ4v) is 1.16. The monoisotopic (exact) mass is 223 g/mol. The predicted molar refractivity (Wildman–Crippen MR) is 53.2 cm³/mol. The van der Waals surface area contributed by atoms with E-state index in [2.05, 4.69) is 15.1 Å². The van der Waals surface area contributed by atoms with Gasteiger partial charge in [0.05, 0.1) is 6.20 Å². The maximum atomic E-state index is 12.9. The summed E-state index contributed by atoms with van der Waals surface area (Å²) >= 11 is 0. The Balaban J connectivity index is 2.27. The first-order chi connectivity index (χ1) is 7.69. The van der Waals surface area contributed by atoms with E-state index in [-0.39, 0.29) is 18.4 Å². The van der Waals surface area contributed by atoms with Crippen molar-refractivity contribution in [1.29, 1.82) is 0 Å². The van der Waals surface area contributed by atoms with Gasteiger partial charge in [-0.3, -0.25) is 4.68 Å². The summed E-state index contributed by atoms with van der Waals surface area (Å²) in [7, 11) is 1.71. The molecule has 0 fully saturated rings. The zero-order valence-corrected chi connectivity index (χ0v) is 8.59. The minimum absolute atomic E-state index is 0.132. The molecular formula is C9H10FN5O. The lowest BCUT2D eigenvalue weighted by Crippen LogP contribution is -2.02. The summed E-state index contributed by atoms with van der Waals surface area (Å²) in [5.74, 6) is -0.239. The number of nitrogens with zero attached hydrogens (tertiary/aromatic N) is 4. The first-order valence-electron chi connectivity index (χ1n) is 4.57. The van der Waals surface area contributed by atoms with Crippen molar-refractivity contribution < 1.29 is 9.13 Å². The van der Waals surface area contributed by atoms with Crippen molar-refractivity contribution in [2.75, 3.05) is 0 Å². The molecule has 0 aliphatic carbocycles. The third-order valence-electron chi connectivity index (χ3n) is 1.88. The van der Waals surface area contributed by atoms with Gasteiger partial charge in [0.1, 0.15) is 12.1 Å². The molecule has 2 N–H and O–H groups in total. The Kier molecular flexibility index (Phi) is 2.78. The number of aryl methyl sites for hydroxylation is 1. The fourth-order valence-electron chi connectivity index (χ4n) is 1.16. The van der Waals surface area contributed by atoms with E-state index in [1.54, 1.807) is 7.05 Å². The molecule has 0 saturated heterocycles. The number of hydrogen-bond donors (Lipinski definition) is 1. The molecule has 0 amide bonds. The van der Waals surface area contributed by atoms with E-state index in [1.807, 2.05) is 0 Å². The van der Waals surface area contributed by atoms with Crippen LogP contribution in [0.2, 0.25) is 0 Å². The maximum absolute atomic E-state index is 12.9. The standard InChI is InChI=1S/C9H10FN5O/c1-15-5-13-9(14-15)16-8-6(3-11)2-7(10)4-12-8/h2,4-5H,3,11H2,1H3. The van der Waals surface area contributed by atoms with E-state index in [0.29, 0.717) is 5.56 Å². The van der Waals surface area contributed by atoms with E-state index in [9.17, 15) is 4.39 Å². The van der Waals surface area contributed by atoms with Crippen LogP contribution in [0.3, 0.4) is 0 Å². The van der Waals surface area contributed by atoms with Gasteiger partial charge in [0, 0.05) is 19.2 Å². The maximum Gasteiger partial charge on any atom is 0.342 e. The van der Waals surface area contributed by atoms with Crippen LogP contribution in [-0.4, -0.2) is 19.7 Å². The Morgan fingerprint density at radius 2 is 2.31 bits per heavy atom. The lowest BCUT2D eigenvalue weighted by Gasteiger charge is -2.04. The van der Waals surface area contributed by atoms with Gasteiger partial charge in [-0.25, -0.2) is 9.37 Å². The average Bonchev–Trinajstić information content (AvgIpc) is 2.67. The van der Waals surface area contributed by atoms with E-state index < -0.39 is 5.82 Å². The average molecular weight is 223 g/mol. The molecule has 7 heteroatoms. The van der Waals surface area contributed by atoms with Crippen LogP contribution in [0, 0.1) is 5.82 Å². The van der Waals surface area contributed by atoms with Gasteiger partial charge < -0.3 is 10.5 Å². The molecule has 0 spiro atoms. The highest BCUT2D eigenvalue weighted by Crippen LogP contribution is 2.19. The quantitative estimate of drug-likeness (QED) is 0.824. The summed E-state index contributed by atoms with van der Waals surface area (Å²) in [5, 5.41) is 3.91. The summed E-state index contributed by atoms with van der Waals surface area (Å²) in [6, 6.07) is 1.42. The molecule has 0 saturated carbocycles. The minimum Gasteiger partial charge on any atom is -0.404 e. The Labute approximate surface area is 90.9 Å². The van der Waals surface area contributed by atoms with Gasteiger partial charge in [-0.2, -0.15) is 4.98 Å². The number of hydrogen-bond acceptors (Lipinski definition) is 5. The van der Waals surface area contributed by atoms with Crippen LogP contribution in [0.4, 0.5) is 4.39 Å². The van der Waals surface area contributed by atoms with Crippen molar-refractivity contribution in [2.24, 2.45) is 12.8 Å². The third kappa shape index (κ3) is 2.14. The van der Waals surface area contributed by atoms with Crippen molar-refractivity contribution in [3.8, 4) is 11.9 Å². The molecule has 0 atom stereocenters. The highest BCUT2D eigenvalue weighted by molar-refractivity contribution is 5.27. The fraction of sp³-hybridized carbons (Fsp3) is 0.222. The second kappa shape index (κ2) is 4.23. The Morgan fingerprint density at radius 3 is 2.94 bits per heavy atom. The second-order valence-electron chi connectivity index (χ2n) is 3.12. The molecule has 2 aromatic rings. The smallest absolute Gasteiger partial charge is 0.342 e. The van der Waals surface area contributed by atoms with Crippen LogP contribution in [0.15, 0.2) is 18.6 Å². The van der Waals surface area contributed by atoms with Gasteiger partial charge >= 0.3 is 6.01 Å². The topological polar surface area (TPSA) is 78.8 Å². The van der Waals surface area contributed by atoms with E-state index in [0.717, 1.165) is 6.20 Å². The van der Waals surface area contributed by atoms with Crippen LogP contribution in [0.25, 0.3) is 0 Å². The van der Waals surface area contributed by atoms with Crippen LogP contribution in [-0.2, 0) is 13.6 Å². The van der Waals surface area contributed by atoms with Gasteiger partial charge in [0.15, 0.2) is 0 Å². The van der Waals surface area contributed by atoms with Gasteiger partial charge in [-0.1, -0.05) is 0 Å². The van der Waals surface area contributed by atoms with E-state index >= 15 is 0 Å². The van der Waals surface area contributed by atoms with Crippen LogP contribution < -0.4 is 10.5 Å². The number of halogens is 1. The molecule has 0 radical (unpaired) electrons. The molecule has 2 rings (SSSR count). The summed E-state index contributed by atoms with van der Waals surface area (Å²) in [6.45, 7) is 0.132. The number of nitrogens with two attached hydrogens (primary N) is 1. The van der Waals surface area contributed by atoms with Crippen molar-refractivity contribution in [1.82, 2.24) is 19.7 Å². The molecule has 0 unspecified atom stereocenters. The third-order valence-corrected chi connectivity index (χ3v) is 1.88. The lowest BCUT2D eigenvalue weighted by atomic mass is 10.3. The summed E-state index contributed by atoms with van der Waals surface area (Å²) in [6.07, 6.45) is 2.54. The first-order valence-corrected chi connectivity index (χ1v) is 4.57. The van der Waals surface area contributed by atoms with Crippen LogP contribution in [0.1, 0.15) is 5.56 Å². The van der Waals surface area contributed by atoms with Crippen molar-refractivity contribution in [3.05, 3.63) is 30.0 Å². The summed E-state index contributed by atoms with van der Waals surface area (Å²) in [4.78, 5) is 7.65. The molecule has 16 heavy (non-hydrogen) atoms. The predicted octanol–water partition coefficient (Wildman–Crippen LogP) is 0.600. The zero-order chi connectivity index (χ0) is 11.5. The van der Waals surface area contributed by atoms with Crippen LogP contribution in [0.5, 0.6) is 11.9 Å². The molecular weight excluding hydrogens is 213 g/mol. The molecule has 84 valence electrons. The highest BCUT2D eigenvalue weighted by Gasteiger charge is 2.09. The molecule has 2 aromatic heterocycles. The number of aromatic nitrogens is 4. The SMILES string of the molecule is Cn1cnc(Oc2ncc(F)cc2CN)n1. The van der Waals surface area contributed by atoms with E-state index in [4.69, 9.17) is 10.5 Å². The van der Waals surface area contributed by atoms with E-state index in [1.165, 1.54) is 17.1 Å². The van der Waals surface area contributed by atoms with Gasteiger partial charge in [-0.15, -0.1) is 5.10 Å². The van der Waals surface area contributed by atoms with Crippen LogP contribution >= 0.6 is 0 Å². The Morgan fingerprint density at radius 1 is 1.50 bits per heavy atom. The molecule has 0 aromatic carbocycles. The normalized spacial score (nSPS) is 10.4. The van der Waals surface area contributed by atoms with Gasteiger partial charge in [0.25, 0.3) is 0 Å². The lowest BCUT2D eigenvalue weighted by molar-refractivity contribution is 0.414. The highest BCUT2D eigenvalue weighted by atomic mass is 19.1. The summed E-state index contributed by atoms with van der Waals surface area (Å²) < 4.78 is 19.6. The first kappa shape index (κ1) is 10.5. The summed E-state index contributed by atoms with van der Waals surface area (Å²) in [5.41, 5.74) is 5.91. The van der Waals surface area contributed by atoms with Gasteiger partial charge in [-0.05, 0) is 6.07 Å². The largest absolute Gasteiger partial charge is 0.404 e. The van der Waals surface area contributed by atoms with Gasteiger partial charge in [0.2, 0.25) is 5.88 Å². The Hall–Kier alpha value is -2.02.